The van der Waals surface area contributed by atoms with E-state index in [0.717, 1.165) is 18.4 Å². The molecule has 21 heavy (non-hydrogen) atoms. The molecule has 0 aromatic heterocycles. The van der Waals surface area contributed by atoms with Crippen LogP contribution in [0.2, 0.25) is 0 Å². The zero-order chi connectivity index (χ0) is 15.7. The highest BCUT2D eigenvalue weighted by Crippen LogP contribution is 2.22. The number of sulfone groups is 1. The lowest BCUT2D eigenvalue weighted by Crippen LogP contribution is -2.19. The van der Waals surface area contributed by atoms with Crippen molar-refractivity contribution in [1.82, 2.24) is 0 Å². The minimum atomic E-state index is -3.28. The minimum absolute atomic E-state index is 0.406. The monoisotopic (exact) mass is 308 g/mol. The maximum absolute atomic E-state index is 12.6. The molecule has 1 unspecified atom stereocenters. The zero-order valence-corrected chi connectivity index (χ0v) is 14.2. The molecule has 0 fully saturated rings. The van der Waals surface area contributed by atoms with Crippen molar-refractivity contribution in [3.05, 3.63) is 42.5 Å². The molecule has 1 aromatic rings. The van der Waals surface area contributed by atoms with Crippen molar-refractivity contribution >= 4 is 9.84 Å². The normalized spacial score (nSPS) is 13.0. The number of aryl methyl sites for hydroxylation is 1. The lowest BCUT2D eigenvalue weighted by molar-refractivity contribution is 0.564. The van der Waals surface area contributed by atoms with E-state index in [9.17, 15) is 8.42 Å². The minimum Gasteiger partial charge on any atom is -0.223 e. The summed E-state index contributed by atoms with van der Waals surface area (Å²) in [5, 5.41) is -0.466. The molecule has 118 valence electrons. The maximum Gasteiger partial charge on any atom is 0.184 e. The van der Waals surface area contributed by atoms with Crippen molar-refractivity contribution in [3.63, 3.8) is 0 Å². The fourth-order valence-electron chi connectivity index (χ4n) is 2.43. The predicted octanol–water partition coefficient (Wildman–Crippen LogP) is 5.07. The van der Waals surface area contributed by atoms with Crippen LogP contribution in [0.15, 0.2) is 41.8 Å². The Hall–Kier alpha value is -1.09. The van der Waals surface area contributed by atoms with Crippen molar-refractivity contribution in [2.45, 2.75) is 68.9 Å². The Morgan fingerprint density at radius 2 is 1.62 bits per heavy atom. The van der Waals surface area contributed by atoms with Gasteiger partial charge in [0.2, 0.25) is 0 Å². The third kappa shape index (κ3) is 5.66. The average molecular weight is 308 g/mol. The molecule has 0 aliphatic rings. The fraction of sp³-hybridized carbons (Fsp3) is 0.556. The van der Waals surface area contributed by atoms with Crippen molar-refractivity contribution < 1.29 is 8.42 Å². The van der Waals surface area contributed by atoms with Gasteiger partial charge in [-0.05, 0) is 25.5 Å². The van der Waals surface area contributed by atoms with Gasteiger partial charge < -0.3 is 0 Å². The van der Waals surface area contributed by atoms with Gasteiger partial charge in [-0.2, -0.15) is 0 Å². The Morgan fingerprint density at radius 3 is 2.19 bits per heavy atom. The van der Waals surface area contributed by atoms with E-state index in [-0.39, 0.29) is 0 Å². The Morgan fingerprint density at radius 1 is 1.05 bits per heavy atom. The molecule has 0 N–H and O–H groups in total. The zero-order valence-electron chi connectivity index (χ0n) is 13.3. The Labute approximate surface area is 130 Å². The van der Waals surface area contributed by atoms with E-state index in [0.29, 0.717) is 11.3 Å². The first kappa shape index (κ1) is 18.0. The molecule has 0 spiro atoms. The molecule has 3 heteroatoms. The van der Waals surface area contributed by atoms with Gasteiger partial charge in [0.25, 0.3) is 0 Å². The quantitative estimate of drug-likeness (QED) is 0.446. The van der Waals surface area contributed by atoms with E-state index in [1.54, 1.807) is 18.2 Å². The van der Waals surface area contributed by atoms with Gasteiger partial charge in [-0.25, -0.2) is 8.42 Å². The predicted molar refractivity (Wildman–Crippen MR) is 90.3 cm³/mol. The largest absolute Gasteiger partial charge is 0.223 e. The van der Waals surface area contributed by atoms with E-state index in [1.165, 1.54) is 25.7 Å². The third-order valence-corrected chi connectivity index (χ3v) is 6.01. The standard InChI is InChI=1S/C18H28O2S/c1-4-6-7-8-9-10-11-17(5-2)21(19,20)18-14-12-16(3)13-15-18/h5,12-15,17H,2,4,6-11H2,1,3H3. The van der Waals surface area contributed by atoms with Crippen LogP contribution in [0, 0.1) is 6.92 Å². The van der Waals surface area contributed by atoms with Crippen LogP contribution in [-0.4, -0.2) is 13.7 Å². The van der Waals surface area contributed by atoms with E-state index in [4.69, 9.17) is 0 Å². The van der Waals surface area contributed by atoms with Gasteiger partial charge in [-0.1, -0.05) is 69.2 Å². The van der Waals surface area contributed by atoms with Crippen LogP contribution in [0.1, 0.15) is 57.4 Å². The Bertz CT molecular complexity index is 515. The van der Waals surface area contributed by atoms with Crippen LogP contribution >= 0.6 is 0 Å². The number of hydrogen-bond acceptors (Lipinski definition) is 2. The van der Waals surface area contributed by atoms with Crippen LogP contribution in [-0.2, 0) is 9.84 Å². The number of hydrogen-bond donors (Lipinski definition) is 0. The molecule has 1 aromatic carbocycles. The van der Waals surface area contributed by atoms with Gasteiger partial charge in [0.05, 0.1) is 10.1 Å². The first-order valence-electron chi connectivity index (χ1n) is 7.95. The molecule has 0 heterocycles. The molecule has 0 aliphatic carbocycles. The summed E-state index contributed by atoms with van der Waals surface area (Å²) in [5.74, 6) is 0. The van der Waals surface area contributed by atoms with Gasteiger partial charge in [-0.15, -0.1) is 6.58 Å². The van der Waals surface area contributed by atoms with Crippen LogP contribution in [0.4, 0.5) is 0 Å². The van der Waals surface area contributed by atoms with Crippen molar-refractivity contribution in [1.29, 1.82) is 0 Å². The van der Waals surface area contributed by atoms with Crippen molar-refractivity contribution in [3.8, 4) is 0 Å². The molecule has 0 bridgehead atoms. The summed E-state index contributed by atoms with van der Waals surface area (Å²) in [6, 6.07) is 7.08. The number of unbranched alkanes of at least 4 members (excludes halogenated alkanes) is 5. The van der Waals surface area contributed by atoms with Crippen LogP contribution in [0.3, 0.4) is 0 Å². The smallest absolute Gasteiger partial charge is 0.184 e. The molecular formula is C18H28O2S. The summed E-state index contributed by atoms with van der Waals surface area (Å²) in [7, 11) is -3.28. The first-order valence-corrected chi connectivity index (χ1v) is 9.50. The van der Waals surface area contributed by atoms with Crippen LogP contribution < -0.4 is 0 Å². The van der Waals surface area contributed by atoms with E-state index >= 15 is 0 Å². The van der Waals surface area contributed by atoms with Gasteiger partial charge >= 0.3 is 0 Å². The second kappa shape index (κ2) is 9.04. The van der Waals surface area contributed by atoms with Gasteiger partial charge in [-0.3, -0.25) is 0 Å². The summed E-state index contributed by atoms with van der Waals surface area (Å²) in [4.78, 5) is 0.406. The SMILES string of the molecule is C=CC(CCCCCCCC)S(=O)(=O)c1ccc(C)cc1. The van der Waals surface area contributed by atoms with Crippen molar-refractivity contribution in [2.75, 3.05) is 0 Å². The molecule has 0 saturated heterocycles. The molecule has 0 radical (unpaired) electrons. The Kier molecular flexibility index (Phi) is 7.73. The first-order chi connectivity index (χ1) is 10.0. The lowest BCUT2D eigenvalue weighted by atomic mass is 10.1. The molecule has 0 saturated carbocycles. The van der Waals surface area contributed by atoms with Crippen LogP contribution in [0.5, 0.6) is 0 Å². The summed E-state index contributed by atoms with van der Waals surface area (Å²) in [6.07, 6.45) is 9.26. The molecule has 0 aliphatic heterocycles. The third-order valence-electron chi connectivity index (χ3n) is 3.85. The molecule has 2 nitrogen and oxygen atoms in total. The molecule has 0 amide bonds. The van der Waals surface area contributed by atoms with Gasteiger partial charge in [0.15, 0.2) is 9.84 Å². The molecular weight excluding hydrogens is 280 g/mol. The molecule has 1 atom stereocenters. The molecule has 1 rings (SSSR count). The topological polar surface area (TPSA) is 34.1 Å². The highest BCUT2D eigenvalue weighted by atomic mass is 32.2. The van der Waals surface area contributed by atoms with Crippen LogP contribution in [0.25, 0.3) is 0 Å². The van der Waals surface area contributed by atoms with E-state index in [2.05, 4.69) is 13.5 Å². The lowest BCUT2D eigenvalue weighted by Gasteiger charge is -2.14. The second-order valence-electron chi connectivity index (χ2n) is 5.69. The van der Waals surface area contributed by atoms with E-state index < -0.39 is 15.1 Å². The average Bonchev–Trinajstić information content (AvgIpc) is 2.46. The summed E-state index contributed by atoms with van der Waals surface area (Å²) in [5.41, 5.74) is 1.07. The summed E-state index contributed by atoms with van der Waals surface area (Å²) < 4.78 is 25.1. The van der Waals surface area contributed by atoms with Gasteiger partial charge in [0.1, 0.15) is 0 Å². The maximum atomic E-state index is 12.6. The summed E-state index contributed by atoms with van der Waals surface area (Å²) >= 11 is 0. The fourth-order valence-corrected chi connectivity index (χ4v) is 4.02. The number of rotatable bonds is 10. The highest BCUT2D eigenvalue weighted by molar-refractivity contribution is 7.92. The van der Waals surface area contributed by atoms with Crippen molar-refractivity contribution in [2.24, 2.45) is 0 Å². The highest BCUT2D eigenvalue weighted by Gasteiger charge is 2.24. The van der Waals surface area contributed by atoms with E-state index in [1.807, 2.05) is 19.1 Å². The van der Waals surface area contributed by atoms with Gasteiger partial charge in [0, 0.05) is 0 Å². The Balaban J connectivity index is 2.58. The summed E-state index contributed by atoms with van der Waals surface area (Å²) in [6.45, 7) is 7.87. The number of benzene rings is 1. The second-order valence-corrected chi connectivity index (χ2v) is 7.86.